The first-order valence-electron chi connectivity index (χ1n) is 13.7. The van der Waals surface area contributed by atoms with Gasteiger partial charge in [-0.25, -0.2) is 9.37 Å². The highest BCUT2D eigenvalue weighted by molar-refractivity contribution is 5.84. The highest BCUT2D eigenvalue weighted by Gasteiger charge is 2.22. The van der Waals surface area contributed by atoms with E-state index in [2.05, 4.69) is 16.1 Å². The van der Waals surface area contributed by atoms with Crippen molar-refractivity contribution >= 4 is 22.6 Å². The van der Waals surface area contributed by atoms with Gasteiger partial charge in [-0.15, -0.1) is 0 Å². The predicted octanol–water partition coefficient (Wildman–Crippen LogP) is 4.69. The topological polar surface area (TPSA) is 72.7 Å². The third-order valence-electron chi connectivity index (χ3n) is 7.33. The Labute approximate surface area is 234 Å². The average molecular weight is 546 g/mol. The minimum absolute atomic E-state index is 0.0393. The lowest BCUT2D eigenvalue weighted by Crippen LogP contribution is -2.38. The van der Waals surface area contributed by atoms with E-state index in [1.54, 1.807) is 19.2 Å². The van der Waals surface area contributed by atoms with Gasteiger partial charge in [0.1, 0.15) is 17.4 Å². The van der Waals surface area contributed by atoms with Gasteiger partial charge in [-0.1, -0.05) is 12.1 Å². The number of amides is 1. The molecule has 1 saturated heterocycles. The molecule has 1 fully saturated rings. The second-order valence-corrected chi connectivity index (χ2v) is 10.2. The number of benzene rings is 2. The van der Waals surface area contributed by atoms with Crippen molar-refractivity contribution in [3.63, 3.8) is 0 Å². The van der Waals surface area contributed by atoms with Gasteiger partial charge in [-0.05, 0) is 62.2 Å². The Bertz CT molecular complexity index is 1460. The van der Waals surface area contributed by atoms with Crippen LogP contribution in [0.5, 0.6) is 5.75 Å². The molecule has 0 bridgehead atoms. The molecule has 1 aliphatic heterocycles. The van der Waals surface area contributed by atoms with E-state index in [0.717, 1.165) is 58.1 Å². The van der Waals surface area contributed by atoms with Gasteiger partial charge < -0.3 is 19.3 Å². The van der Waals surface area contributed by atoms with E-state index in [4.69, 9.17) is 14.5 Å². The maximum absolute atomic E-state index is 13.7. The Kier molecular flexibility index (Phi) is 8.60. The number of aromatic nitrogens is 3. The first-order valence-corrected chi connectivity index (χ1v) is 13.7. The van der Waals surface area contributed by atoms with Crippen molar-refractivity contribution in [2.45, 2.75) is 39.8 Å². The molecular weight excluding hydrogens is 509 g/mol. The van der Waals surface area contributed by atoms with Gasteiger partial charge in [0.15, 0.2) is 0 Å². The Balaban J connectivity index is 1.44. The van der Waals surface area contributed by atoms with Crippen LogP contribution in [-0.4, -0.2) is 65.5 Å². The number of halogens is 1. The highest BCUT2D eigenvalue weighted by atomic mass is 19.1. The number of methoxy groups -OCH3 is 1. The number of carbonyl (C=O) groups is 1. The third-order valence-corrected chi connectivity index (χ3v) is 7.33. The SMILES string of the molecule is COc1ccc2cc(CN(CCc3ccc(F)cc3)C(=O)CCn3nc(C)cc3C)c(N3CCOCC3)nc2c1. The summed E-state index contributed by atoms with van der Waals surface area (Å²) in [7, 11) is 1.65. The number of pyridine rings is 1. The molecule has 9 heteroatoms. The first-order chi connectivity index (χ1) is 19.4. The molecule has 0 radical (unpaired) electrons. The van der Waals surface area contributed by atoms with Gasteiger partial charge in [-0.2, -0.15) is 5.10 Å². The van der Waals surface area contributed by atoms with Crippen LogP contribution in [0.3, 0.4) is 0 Å². The molecule has 40 heavy (non-hydrogen) atoms. The Morgan fingerprint density at radius 1 is 1.07 bits per heavy atom. The lowest BCUT2D eigenvalue weighted by atomic mass is 10.1. The fourth-order valence-corrected chi connectivity index (χ4v) is 5.15. The lowest BCUT2D eigenvalue weighted by Gasteiger charge is -2.31. The number of nitrogens with zero attached hydrogens (tertiary/aromatic N) is 5. The zero-order valence-electron chi connectivity index (χ0n) is 23.4. The normalized spacial score (nSPS) is 13.6. The summed E-state index contributed by atoms with van der Waals surface area (Å²) in [4.78, 5) is 22.9. The van der Waals surface area contributed by atoms with Crippen molar-refractivity contribution in [1.82, 2.24) is 19.7 Å². The van der Waals surface area contributed by atoms with Crippen molar-refractivity contribution in [2.75, 3.05) is 44.9 Å². The summed E-state index contributed by atoms with van der Waals surface area (Å²) in [5.41, 5.74) is 4.78. The number of fused-ring (bicyclic) bond motifs is 1. The van der Waals surface area contributed by atoms with Crippen LogP contribution in [0.4, 0.5) is 10.2 Å². The molecule has 0 saturated carbocycles. The summed E-state index contributed by atoms with van der Waals surface area (Å²) < 4.78 is 26.4. The maximum atomic E-state index is 13.7. The highest BCUT2D eigenvalue weighted by Crippen LogP contribution is 2.28. The zero-order chi connectivity index (χ0) is 28.1. The molecule has 0 unspecified atom stereocenters. The quantitative estimate of drug-likeness (QED) is 0.288. The molecule has 5 rings (SSSR count). The van der Waals surface area contributed by atoms with Crippen molar-refractivity contribution < 1.29 is 18.7 Å². The maximum Gasteiger partial charge on any atom is 0.224 e. The minimum Gasteiger partial charge on any atom is -0.497 e. The van der Waals surface area contributed by atoms with E-state index in [0.29, 0.717) is 45.7 Å². The molecule has 3 heterocycles. The number of morpholine rings is 1. The van der Waals surface area contributed by atoms with Crippen LogP contribution in [0.1, 0.15) is 28.9 Å². The van der Waals surface area contributed by atoms with Gasteiger partial charge in [0, 0.05) is 61.9 Å². The second kappa shape index (κ2) is 12.5. The van der Waals surface area contributed by atoms with Crippen LogP contribution < -0.4 is 9.64 Å². The van der Waals surface area contributed by atoms with Gasteiger partial charge in [0.25, 0.3) is 0 Å². The van der Waals surface area contributed by atoms with Crippen LogP contribution in [0, 0.1) is 19.7 Å². The summed E-state index contributed by atoms with van der Waals surface area (Å²) in [6, 6.07) is 16.5. The van der Waals surface area contributed by atoms with Crippen LogP contribution in [-0.2, 0) is 29.0 Å². The van der Waals surface area contributed by atoms with Crippen LogP contribution >= 0.6 is 0 Å². The van der Waals surface area contributed by atoms with E-state index in [9.17, 15) is 9.18 Å². The van der Waals surface area contributed by atoms with Gasteiger partial charge in [-0.3, -0.25) is 9.48 Å². The number of anilines is 1. The summed E-state index contributed by atoms with van der Waals surface area (Å²) in [6.07, 6.45) is 0.952. The number of aryl methyl sites for hydroxylation is 3. The molecule has 2 aromatic carbocycles. The number of hydrogen-bond donors (Lipinski definition) is 0. The first kappa shape index (κ1) is 27.6. The predicted molar refractivity (Wildman–Crippen MR) is 153 cm³/mol. The van der Waals surface area contributed by atoms with E-state index in [1.807, 2.05) is 47.7 Å². The van der Waals surface area contributed by atoms with Crippen molar-refractivity contribution in [1.29, 1.82) is 0 Å². The van der Waals surface area contributed by atoms with E-state index in [1.165, 1.54) is 12.1 Å². The Morgan fingerprint density at radius 2 is 1.85 bits per heavy atom. The summed E-state index contributed by atoms with van der Waals surface area (Å²) in [6.45, 7) is 8.12. The fraction of sp³-hybridized carbons (Fsp3) is 0.387. The largest absolute Gasteiger partial charge is 0.497 e. The number of ether oxygens (including phenoxy) is 2. The Hall–Kier alpha value is -3.98. The third kappa shape index (κ3) is 6.59. The molecule has 4 aromatic rings. The van der Waals surface area contributed by atoms with Crippen molar-refractivity contribution in [2.24, 2.45) is 0 Å². The summed E-state index contributed by atoms with van der Waals surface area (Å²) in [5, 5.41) is 5.51. The monoisotopic (exact) mass is 545 g/mol. The molecular formula is C31H36FN5O3. The number of carbonyl (C=O) groups excluding carboxylic acids is 1. The van der Waals surface area contributed by atoms with Crippen LogP contribution in [0.2, 0.25) is 0 Å². The van der Waals surface area contributed by atoms with E-state index in [-0.39, 0.29) is 11.7 Å². The molecule has 1 amide bonds. The van der Waals surface area contributed by atoms with Gasteiger partial charge in [0.05, 0.1) is 31.5 Å². The van der Waals surface area contributed by atoms with E-state index < -0.39 is 0 Å². The summed E-state index contributed by atoms with van der Waals surface area (Å²) in [5.74, 6) is 1.39. The molecule has 0 aliphatic carbocycles. The van der Waals surface area contributed by atoms with E-state index >= 15 is 0 Å². The molecule has 210 valence electrons. The van der Waals surface area contributed by atoms with Gasteiger partial charge in [0.2, 0.25) is 5.91 Å². The zero-order valence-corrected chi connectivity index (χ0v) is 23.4. The number of rotatable bonds is 10. The van der Waals surface area contributed by atoms with Crippen LogP contribution in [0.25, 0.3) is 10.9 Å². The fourth-order valence-electron chi connectivity index (χ4n) is 5.15. The van der Waals surface area contributed by atoms with Crippen molar-refractivity contribution in [3.05, 3.63) is 82.9 Å². The second-order valence-electron chi connectivity index (χ2n) is 10.2. The number of hydrogen-bond acceptors (Lipinski definition) is 6. The standard InChI is InChI=1S/C31H36FN5O3/c1-22-18-23(2)37(34-22)13-11-30(38)36(12-10-24-4-7-27(32)8-5-24)21-26-19-25-6-9-28(39-3)20-29(25)33-31(26)35-14-16-40-17-15-35/h4-9,18-20H,10-17,21H2,1-3H3. The Morgan fingerprint density at radius 3 is 2.55 bits per heavy atom. The van der Waals surface area contributed by atoms with Crippen molar-refractivity contribution in [3.8, 4) is 5.75 Å². The molecule has 1 aliphatic rings. The molecule has 0 N–H and O–H groups in total. The van der Waals surface area contributed by atoms with Crippen LogP contribution in [0.15, 0.2) is 54.6 Å². The summed E-state index contributed by atoms with van der Waals surface area (Å²) >= 11 is 0. The molecule has 2 aromatic heterocycles. The molecule has 0 atom stereocenters. The molecule has 8 nitrogen and oxygen atoms in total. The smallest absolute Gasteiger partial charge is 0.224 e. The van der Waals surface area contributed by atoms with Gasteiger partial charge >= 0.3 is 0 Å². The lowest BCUT2D eigenvalue weighted by molar-refractivity contribution is -0.132. The average Bonchev–Trinajstić information content (AvgIpc) is 3.30. The minimum atomic E-state index is -0.268. The molecule has 0 spiro atoms.